The molecule has 0 aromatic heterocycles. The predicted molar refractivity (Wildman–Crippen MR) is 83.9 cm³/mol. The van der Waals surface area contributed by atoms with Gasteiger partial charge in [-0.1, -0.05) is 41.5 Å². The molecule has 0 radical (unpaired) electrons. The third-order valence-corrected chi connectivity index (χ3v) is 3.40. The maximum atomic E-state index is 11.6. The Balaban J connectivity index is 3.81. The maximum absolute atomic E-state index is 11.6. The van der Waals surface area contributed by atoms with E-state index in [0.717, 1.165) is 12.8 Å². The van der Waals surface area contributed by atoms with Crippen LogP contribution in [0.5, 0.6) is 0 Å². The zero-order chi connectivity index (χ0) is 16.7. The second-order valence-electron chi connectivity index (χ2n) is 7.88. The van der Waals surface area contributed by atoms with Crippen molar-refractivity contribution in [1.29, 1.82) is 0 Å². The Labute approximate surface area is 129 Å². The van der Waals surface area contributed by atoms with Crippen LogP contribution in [0, 0.1) is 10.8 Å². The summed E-state index contributed by atoms with van der Waals surface area (Å²) < 4.78 is 10.4. The lowest BCUT2D eigenvalue weighted by atomic mass is 9.90. The second-order valence-corrected chi connectivity index (χ2v) is 7.88. The van der Waals surface area contributed by atoms with Crippen molar-refractivity contribution in [2.45, 2.75) is 80.3 Å². The Bertz CT molecular complexity index is 334. The minimum atomic E-state index is -0.343. The van der Waals surface area contributed by atoms with Crippen molar-refractivity contribution in [2.75, 3.05) is 6.61 Å². The molecule has 1 atom stereocenters. The molecule has 124 valence electrons. The Kier molecular flexibility index (Phi) is 7.98. The zero-order valence-electron chi connectivity index (χ0n) is 14.7. The van der Waals surface area contributed by atoms with E-state index in [0.29, 0.717) is 6.61 Å². The molecule has 0 rings (SSSR count). The summed E-state index contributed by atoms with van der Waals surface area (Å²) in [5, 5.41) is 0. The van der Waals surface area contributed by atoms with Crippen molar-refractivity contribution in [1.82, 2.24) is 0 Å². The first-order valence-corrected chi connectivity index (χ1v) is 7.77. The van der Waals surface area contributed by atoms with E-state index < -0.39 is 0 Å². The average Bonchev–Trinajstić information content (AvgIpc) is 2.29. The van der Waals surface area contributed by atoms with Crippen LogP contribution in [-0.2, 0) is 19.1 Å². The van der Waals surface area contributed by atoms with Crippen molar-refractivity contribution in [2.24, 2.45) is 10.8 Å². The smallest absolute Gasteiger partial charge is 0.306 e. The van der Waals surface area contributed by atoms with Crippen molar-refractivity contribution >= 4 is 11.9 Å². The number of hydrogen-bond donors (Lipinski definition) is 0. The molecule has 0 aromatic rings. The largest absolute Gasteiger partial charge is 0.466 e. The predicted octanol–water partition coefficient (Wildman–Crippen LogP) is 4.11. The van der Waals surface area contributed by atoms with Crippen LogP contribution in [0.2, 0.25) is 0 Å². The third-order valence-electron chi connectivity index (χ3n) is 3.40. The van der Waals surface area contributed by atoms with Crippen LogP contribution in [0.4, 0.5) is 0 Å². The van der Waals surface area contributed by atoms with Gasteiger partial charge in [-0.15, -0.1) is 0 Å². The van der Waals surface area contributed by atoms with Gasteiger partial charge in [-0.3, -0.25) is 9.59 Å². The molecule has 21 heavy (non-hydrogen) atoms. The van der Waals surface area contributed by atoms with Gasteiger partial charge < -0.3 is 9.47 Å². The fraction of sp³-hybridized carbons (Fsp3) is 0.882. The quantitative estimate of drug-likeness (QED) is 0.524. The third kappa shape index (κ3) is 11.3. The lowest BCUT2D eigenvalue weighted by Crippen LogP contribution is -2.28. The molecule has 0 aromatic carbocycles. The first-order chi connectivity index (χ1) is 9.42. The van der Waals surface area contributed by atoms with E-state index in [1.54, 1.807) is 0 Å². The topological polar surface area (TPSA) is 52.6 Å². The molecule has 1 unspecified atom stereocenters. The molecule has 0 N–H and O–H groups in total. The molecule has 0 amide bonds. The second kappa shape index (κ2) is 8.40. The maximum Gasteiger partial charge on any atom is 0.306 e. The standard InChI is InChI=1S/C17H32O4/c1-13(17(5,6)7)21-15(19)10-9-14(18)20-12-8-11-16(2,3)4/h13H,8-12H2,1-7H3. The van der Waals surface area contributed by atoms with E-state index in [4.69, 9.17) is 9.47 Å². The van der Waals surface area contributed by atoms with Gasteiger partial charge in [0.25, 0.3) is 0 Å². The highest BCUT2D eigenvalue weighted by atomic mass is 16.5. The monoisotopic (exact) mass is 300 g/mol. The minimum absolute atomic E-state index is 0.0819. The van der Waals surface area contributed by atoms with E-state index >= 15 is 0 Å². The fourth-order valence-electron chi connectivity index (χ4n) is 1.50. The summed E-state index contributed by atoms with van der Waals surface area (Å²) in [7, 11) is 0. The van der Waals surface area contributed by atoms with Gasteiger partial charge >= 0.3 is 11.9 Å². The first-order valence-electron chi connectivity index (χ1n) is 7.77. The van der Waals surface area contributed by atoms with Crippen LogP contribution in [0.1, 0.15) is 74.1 Å². The number of carbonyl (C=O) groups excluding carboxylic acids is 2. The minimum Gasteiger partial charge on any atom is -0.466 e. The lowest BCUT2D eigenvalue weighted by molar-refractivity contribution is -0.156. The Morgan fingerprint density at radius 1 is 0.952 bits per heavy atom. The molecule has 0 saturated heterocycles. The highest BCUT2D eigenvalue weighted by molar-refractivity contribution is 5.77. The number of carbonyl (C=O) groups is 2. The van der Waals surface area contributed by atoms with Crippen LogP contribution in [0.25, 0.3) is 0 Å². The van der Waals surface area contributed by atoms with Crippen molar-refractivity contribution < 1.29 is 19.1 Å². The summed E-state index contributed by atoms with van der Waals surface area (Å²) >= 11 is 0. The van der Waals surface area contributed by atoms with Gasteiger partial charge in [0, 0.05) is 0 Å². The lowest BCUT2D eigenvalue weighted by Gasteiger charge is -2.26. The fourth-order valence-corrected chi connectivity index (χ4v) is 1.50. The summed E-state index contributed by atoms with van der Waals surface area (Å²) in [5.74, 6) is -0.673. The molecule has 0 saturated carbocycles. The molecule has 4 heteroatoms. The molecule has 0 aliphatic rings. The number of hydrogen-bond acceptors (Lipinski definition) is 4. The average molecular weight is 300 g/mol. The summed E-state index contributed by atoms with van der Waals surface area (Å²) in [5.41, 5.74) is 0.155. The van der Waals surface area contributed by atoms with Gasteiger partial charge in [0.2, 0.25) is 0 Å². The highest BCUT2D eigenvalue weighted by Gasteiger charge is 2.24. The van der Waals surface area contributed by atoms with Crippen LogP contribution < -0.4 is 0 Å². The molecule has 0 aliphatic carbocycles. The van der Waals surface area contributed by atoms with Gasteiger partial charge in [0.1, 0.15) is 6.10 Å². The molecule has 0 spiro atoms. The van der Waals surface area contributed by atoms with Gasteiger partial charge in [-0.2, -0.15) is 0 Å². The SMILES string of the molecule is CC(OC(=O)CCC(=O)OCCCC(C)(C)C)C(C)(C)C. The van der Waals surface area contributed by atoms with Crippen molar-refractivity contribution in [3.8, 4) is 0 Å². The Morgan fingerprint density at radius 2 is 1.48 bits per heavy atom. The molecular formula is C17H32O4. The first kappa shape index (κ1) is 19.9. The van der Waals surface area contributed by atoms with E-state index in [9.17, 15) is 9.59 Å². The molecule has 0 heterocycles. The zero-order valence-corrected chi connectivity index (χ0v) is 14.7. The van der Waals surface area contributed by atoms with Crippen LogP contribution in [0.15, 0.2) is 0 Å². The number of rotatable bonds is 7. The van der Waals surface area contributed by atoms with E-state index in [-0.39, 0.29) is 41.7 Å². The molecule has 4 nitrogen and oxygen atoms in total. The van der Waals surface area contributed by atoms with E-state index in [1.165, 1.54) is 0 Å². The number of esters is 2. The summed E-state index contributed by atoms with van der Waals surface area (Å²) in [6, 6.07) is 0. The molecule has 0 fully saturated rings. The van der Waals surface area contributed by atoms with Crippen LogP contribution in [0.3, 0.4) is 0 Å². The van der Waals surface area contributed by atoms with Gasteiger partial charge in [-0.25, -0.2) is 0 Å². The summed E-state index contributed by atoms with van der Waals surface area (Å²) in [4.78, 5) is 23.2. The van der Waals surface area contributed by atoms with Crippen LogP contribution in [-0.4, -0.2) is 24.6 Å². The highest BCUT2D eigenvalue weighted by Crippen LogP contribution is 2.22. The normalized spacial score (nSPS) is 13.7. The van der Waals surface area contributed by atoms with Gasteiger partial charge in [0.15, 0.2) is 0 Å². The van der Waals surface area contributed by atoms with Crippen LogP contribution >= 0.6 is 0 Å². The van der Waals surface area contributed by atoms with E-state index in [1.807, 2.05) is 27.7 Å². The van der Waals surface area contributed by atoms with Gasteiger partial charge in [-0.05, 0) is 30.6 Å². The summed E-state index contributed by atoms with van der Waals surface area (Å²) in [6.07, 6.45) is 1.85. The Hall–Kier alpha value is -1.06. The van der Waals surface area contributed by atoms with Crippen molar-refractivity contribution in [3.63, 3.8) is 0 Å². The molecular weight excluding hydrogens is 268 g/mol. The Morgan fingerprint density at radius 3 is 1.95 bits per heavy atom. The summed E-state index contributed by atoms with van der Waals surface area (Å²) in [6.45, 7) is 14.8. The molecule has 0 bridgehead atoms. The van der Waals surface area contributed by atoms with Crippen molar-refractivity contribution in [3.05, 3.63) is 0 Å². The molecule has 0 aliphatic heterocycles. The van der Waals surface area contributed by atoms with E-state index in [2.05, 4.69) is 20.8 Å². The van der Waals surface area contributed by atoms with Gasteiger partial charge in [0.05, 0.1) is 19.4 Å². The number of ether oxygens (including phenoxy) is 2.